The van der Waals surface area contributed by atoms with E-state index in [0.717, 1.165) is 0 Å². The molecule has 0 aliphatic rings. The van der Waals surface area contributed by atoms with E-state index in [2.05, 4.69) is 19.9 Å². The quantitative estimate of drug-likeness (QED) is 0.397. The average molecular weight is 422 g/mol. The first-order chi connectivity index (χ1) is 13.3. The fraction of sp³-hybridized carbons (Fsp3) is 0. The minimum Gasteiger partial charge on any atom is -1.00 e. The van der Waals surface area contributed by atoms with E-state index in [1.54, 1.807) is 12.1 Å². The minimum atomic E-state index is -3.79. The van der Waals surface area contributed by atoms with Crippen molar-refractivity contribution in [1.29, 1.82) is 0 Å². The van der Waals surface area contributed by atoms with Gasteiger partial charge in [-0.25, -0.2) is 18.2 Å². The van der Waals surface area contributed by atoms with Gasteiger partial charge in [-0.2, -0.15) is 10.2 Å². The number of pyridine rings is 1. The number of carbonyl (C=O) groups is 1. The van der Waals surface area contributed by atoms with Crippen LogP contribution < -0.4 is 34.3 Å². The van der Waals surface area contributed by atoms with Gasteiger partial charge < -0.3 is 11.6 Å². The molecule has 0 fully saturated rings. The molecule has 0 aliphatic heterocycles. The number of azo groups is 1. The maximum absolute atomic E-state index is 12.3. The molecule has 0 unspecified atom stereocenters. The van der Waals surface area contributed by atoms with Gasteiger partial charge in [-0.15, -0.1) is 0 Å². The largest absolute Gasteiger partial charge is 1.00 e. The van der Waals surface area contributed by atoms with Crippen LogP contribution in [0.1, 0.15) is 11.8 Å². The van der Waals surface area contributed by atoms with Gasteiger partial charge in [0.05, 0.1) is 16.3 Å². The third-order valence-electron chi connectivity index (χ3n) is 3.54. The molecule has 144 valence electrons. The van der Waals surface area contributed by atoms with Crippen molar-refractivity contribution in [2.75, 3.05) is 4.72 Å². The van der Waals surface area contributed by atoms with Crippen molar-refractivity contribution in [3.05, 3.63) is 72.4 Å². The Bertz CT molecular complexity index is 1140. The Kier molecular flexibility index (Phi) is 7.46. The Morgan fingerprint density at radius 2 is 1.66 bits per heavy atom. The number of aromatic carboxylic acids is 1. The van der Waals surface area contributed by atoms with Crippen LogP contribution in [-0.2, 0) is 10.0 Å². The maximum atomic E-state index is 12.3. The molecule has 0 atom stereocenters. The molecule has 2 aromatic carbocycles. The van der Waals surface area contributed by atoms with Crippen molar-refractivity contribution in [1.82, 2.24) is 4.98 Å². The summed E-state index contributed by atoms with van der Waals surface area (Å²) in [6.07, 6.45) is 1.47. The van der Waals surface area contributed by atoms with Crippen molar-refractivity contribution in [3.63, 3.8) is 0 Å². The number of sulfonamides is 1. The molecular weight excluding hydrogens is 407 g/mol. The van der Waals surface area contributed by atoms with E-state index in [1.165, 1.54) is 54.7 Å². The van der Waals surface area contributed by atoms with Crippen molar-refractivity contribution < 1.29 is 54.4 Å². The molecule has 0 saturated heterocycles. The van der Waals surface area contributed by atoms with Crippen LogP contribution in [0.5, 0.6) is 5.75 Å². The van der Waals surface area contributed by atoms with Crippen LogP contribution in [0.25, 0.3) is 0 Å². The van der Waals surface area contributed by atoms with E-state index in [9.17, 15) is 18.3 Å². The molecule has 11 heteroatoms. The number of carboxylic acids is 1. The van der Waals surface area contributed by atoms with Gasteiger partial charge in [-0.3, -0.25) is 4.72 Å². The van der Waals surface area contributed by atoms with Crippen molar-refractivity contribution in [3.8, 4) is 5.75 Å². The Hall–Kier alpha value is -2.79. The predicted octanol–water partition coefficient (Wildman–Crippen LogP) is 0.818. The SMILES string of the molecule is O=C(O)c1cc(N=Nc2ccc(S(=O)(=O)Nc3ccccn3)cc2)ccc1O.[H-].[Na+]. The molecule has 0 saturated carbocycles. The summed E-state index contributed by atoms with van der Waals surface area (Å²) in [5, 5.41) is 26.3. The number of nitrogens with one attached hydrogen (secondary N) is 1. The van der Waals surface area contributed by atoms with Gasteiger partial charge >= 0.3 is 35.5 Å². The normalized spacial score (nSPS) is 11.0. The van der Waals surface area contributed by atoms with Crippen LogP contribution in [0.4, 0.5) is 17.2 Å². The Morgan fingerprint density at radius 1 is 1.00 bits per heavy atom. The molecular formula is C18H15N4NaO5S. The third-order valence-corrected chi connectivity index (χ3v) is 4.91. The summed E-state index contributed by atoms with van der Waals surface area (Å²) in [6, 6.07) is 14.3. The van der Waals surface area contributed by atoms with Gasteiger partial charge in [0.1, 0.15) is 17.1 Å². The topological polar surface area (TPSA) is 141 Å². The molecule has 0 spiro atoms. The number of phenols is 1. The minimum absolute atomic E-state index is 0. The number of nitrogens with zero attached hydrogens (tertiary/aromatic N) is 3. The van der Waals surface area contributed by atoms with E-state index in [0.29, 0.717) is 5.69 Å². The molecule has 0 aliphatic carbocycles. The maximum Gasteiger partial charge on any atom is 1.00 e. The zero-order chi connectivity index (χ0) is 20.1. The number of hydrogen-bond donors (Lipinski definition) is 3. The van der Waals surface area contributed by atoms with Crippen molar-refractivity contribution in [2.45, 2.75) is 4.90 Å². The molecule has 0 bridgehead atoms. The van der Waals surface area contributed by atoms with Crippen LogP contribution in [0.3, 0.4) is 0 Å². The number of anilines is 1. The molecule has 1 aromatic heterocycles. The fourth-order valence-corrected chi connectivity index (χ4v) is 3.19. The summed E-state index contributed by atoms with van der Waals surface area (Å²) in [5.74, 6) is -1.46. The zero-order valence-corrected chi connectivity index (χ0v) is 18.0. The molecule has 0 radical (unpaired) electrons. The third kappa shape index (κ3) is 5.84. The average Bonchev–Trinajstić information content (AvgIpc) is 2.68. The first kappa shape index (κ1) is 22.5. The standard InChI is InChI=1S/C18H14N4O5S.Na.H/c23-16-9-6-13(11-15(16)18(24)25)21-20-12-4-7-14(8-5-12)28(26,27)22-17-3-1-2-10-19-17;;/h1-11,23H,(H,19,22)(H,24,25);;/q;+1;-1. The monoisotopic (exact) mass is 422 g/mol. The predicted molar refractivity (Wildman–Crippen MR) is 102 cm³/mol. The molecule has 3 rings (SSSR count). The number of carboxylic acid groups (broad SMARTS) is 1. The summed E-state index contributed by atoms with van der Waals surface area (Å²) >= 11 is 0. The van der Waals surface area contributed by atoms with E-state index in [1.807, 2.05) is 0 Å². The Morgan fingerprint density at radius 3 is 2.28 bits per heavy atom. The number of aromatic nitrogens is 1. The van der Waals surface area contributed by atoms with Gasteiger partial charge in [0, 0.05) is 6.20 Å². The summed E-state index contributed by atoms with van der Waals surface area (Å²) in [7, 11) is -3.79. The molecule has 3 aromatic rings. The summed E-state index contributed by atoms with van der Waals surface area (Å²) in [6.45, 7) is 0. The number of benzene rings is 2. The molecule has 29 heavy (non-hydrogen) atoms. The second kappa shape index (κ2) is 9.61. The van der Waals surface area contributed by atoms with Crippen molar-refractivity contribution in [2.24, 2.45) is 10.2 Å². The summed E-state index contributed by atoms with van der Waals surface area (Å²) in [4.78, 5) is 14.9. The fourth-order valence-electron chi connectivity index (χ4n) is 2.18. The second-order valence-electron chi connectivity index (χ2n) is 5.52. The van der Waals surface area contributed by atoms with Gasteiger partial charge in [0.2, 0.25) is 0 Å². The number of aromatic hydroxyl groups is 1. The Labute approximate surface area is 190 Å². The first-order valence-electron chi connectivity index (χ1n) is 7.87. The van der Waals surface area contributed by atoms with Crippen LogP contribution >= 0.6 is 0 Å². The molecule has 1 heterocycles. The van der Waals surface area contributed by atoms with E-state index in [-0.39, 0.29) is 58.7 Å². The smallest absolute Gasteiger partial charge is 1.00 e. The van der Waals surface area contributed by atoms with Gasteiger partial charge in [0.15, 0.2) is 0 Å². The van der Waals surface area contributed by atoms with Gasteiger partial charge in [-0.05, 0) is 54.6 Å². The van der Waals surface area contributed by atoms with Gasteiger partial charge in [0.25, 0.3) is 10.0 Å². The zero-order valence-electron chi connectivity index (χ0n) is 16.2. The number of rotatable bonds is 6. The second-order valence-corrected chi connectivity index (χ2v) is 7.20. The van der Waals surface area contributed by atoms with E-state index in [4.69, 9.17) is 5.11 Å². The van der Waals surface area contributed by atoms with Gasteiger partial charge in [-0.1, -0.05) is 6.07 Å². The van der Waals surface area contributed by atoms with Crippen LogP contribution in [0, 0.1) is 0 Å². The summed E-state index contributed by atoms with van der Waals surface area (Å²) < 4.78 is 27.0. The molecule has 9 nitrogen and oxygen atoms in total. The van der Waals surface area contributed by atoms with Crippen LogP contribution in [-0.4, -0.2) is 29.6 Å². The van der Waals surface area contributed by atoms with Crippen LogP contribution in [0.15, 0.2) is 82.0 Å². The first-order valence-corrected chi connectivity index (χ1v) is 9.35. The summed E-state index contributed by atoms with van der Waals surface area (Å²) in [5.41, 5.74) is 0.295. The Balaban J connectivity index is 0.00000225. The van der Waals surface area contributed by atoms with E-state index >= 15 is 0 Å². The number of hydrogen-bond acceptors (Lipinski definition) is 7. The molecule has 0 amide bonds. The van der Waals surface area contributed by atoms with Crippen LogP contribution in [0.2, 0.25) is 0 Å². The van der Waals surface area contributed by atoms with Crippen molar-refractivity contribution >= 4 is 33.2 Å². The van der Waals surface area contributed by atoms with E-state index < -0.39 is 16.0 Å². The molecule has 3 N–H and O–H groups in total.